The lowest BCUT2D eigenvalue weighted by molar-refractivity contribution is -0.0300. The summed E-state index contributed by atoms with van der Waals surface area (Å²) >= 11 is 1.35. The minimum Gasteiger partial charge on any atom is -0.365 e. The van der Waals surface area contributed by atoms with Crippen LogP contribution in [0.4, 0.5) is 10.3 Å². The quantitative estimate of drug-likeness (QED) is 0.471. The predicted octanol–water partition coefficient (Wildman–Crippen LogP) is 4.85. The summed E-state index contributed by atoms with van der Waals surface area (Å²) in [4.78, 5) is 11.6. The van der Waals surface area contributed by atoms with E-state index in [0.717, 1.165) is 25.9 Å². The van der Waals surface area contributed by atoms with Gasteiger partial charge in [0, 0.05) is 29.5 Å². The molecule has 0 bridgehead atoms. The fourth-order valence-corrected chi connectivity index (χ4v) is 3.91. The normalized spacial score (nSPS) is 16.3. The van der Waals surface area contributed by atoms with Gasteiger partial charge in [0.05, 0.1) is 6.10 Å². The van der Waals surface area contributed by atoms with Crippen LogP contribution in [0.3, 0.4) is 0 Å². The molecule has 4 rings (SSSR count). The Morgan fingerprint density at radius 2 is 1.84 bits per heavy atom. The highest BCUT2D eigenvalue weighted by atomic mass is 32.2. The Morgan fingerprint density at radius 3 is 2.48 bits per heavy atom. The Morgan fingerprint density at radius 1 is 1.10 bits per heavy atom. The number of ether oxygens (including phenoxy) is 1. The third kappa shape index (κ3) is 4.90. The highest BCUT2D eigenvalue weighted by Gasteiger charge is 2.27. The lowest BCUT2D eigenvalue weighted by atomic mass is 10.1. The molecule has 1 aliphatic rings. The number of halogens is 1. The molecule has 0 aliphatic carbocycles. The molecule has 8 nitrogen and oxygen atoms in total. The smallest absolute Gasteiger partial charge is 0.266 e. The number of hydrogen-bond acceptors (Lipinski definition) is 9. The van der Waals surface area contributed by atoms with Crippen LogP contribution in [-0.4, -0.2) is 45.7 Å². The van der Waals surface area contributed by atoms with E-state index in [0.29, 0.717) is 34.0 Å². The molecule has 1 unspecified atom stereocenters. The Balaban J connectivity index is 1.33. The summed E-state index contributed by atoms with van der Waals surface area (Å²) in [5, 5.41) is 8.07. The molecule has 10 heteroatoms. The second-order valence-corrected chi connectivity index (χ2v) is 8.71. The highest BCUT2D eigenvalue weighted by Crippen LogP contribution is 2.28. The van der Waals surface area contributed by atoms with E-state index in [1.165, 1.54) is 17.8 Å². The average molecular weight is 448 g/mol. The number of aromatic nitrogens is 4. The number of benzene rings is 1. The summed E-state index contributed by atoms with van der Waals surface area (Å²) < 4.78 is 30.9. The molecule has 0 radical (unpaired) electrons. The molecular formula is C21H26FN5O3S. The summed E-state index contributed by atoms with van der Waals surface area (Å²) in [5.41, 5.74) is 0.576. The maximum absolute atomic E-state index is 14.1. The summed E-state index contributed by atoms with van der Waals surface area (Å²) in [6.45, 7) is 7.50. The summed E-state index contributed by atoms with van der Waals surface area (Å²) in [6.07, 6.45) is 3.21. The zero-order valence-electron chi connectivity index (χ0n) is 18.0. The van der Waals surface area contributed by atoms with Crippen molar-refractivity contribution in [3.8, 4) is 11.4 Å². The van der Waals surface area contributed by atoms with Gasteiger partial charge in [0.15, 0.2) is 0 Å². The molecule has 0 saturated carbocycles. The van der Waals surface area contributed by atoms with Crippen LogP contribution < -0.4 is 4.90 Å². The molecule has 31 heavy (non-hydrogen) atoms. The second kappa shape index (κ2) is 9.35. The molecule has 1 saturated heterocycles. The molecule has 0 spiro atoms. The van der Waals surface area contributed by atoms with Gasteiger partial charge in [-0.05, 0) is 49.4 Å². The van der Waals surface area contributed by atoms with Gasteiger partial charge in [0.2, 0.25) is 11.7 Å². The Kier molecular flexibility index (Phi) is 6.57. The van der Waals surface area contributed by atoms with Crippen LogP contribution in [0.5, 0.6) is 0 Å². The molecular weight excluding hydrogens is 421 g/mol. The first-order chi connectivity index (χ1) is 14.9. The lowest BCUT2D eigenvalue weighted by Crippen LogP contribution is -2.38. The van der Waals surface area contributed by atoms with Crippen molar-refractivity contribution in [3.05, 3.63) is 35.8 Å². The van der Waals surface area contributed by atoms with Gasteiger partial charge in [-0.25, -0.2) is 4.39 Å². The minimum atomic E-state index is -0.356. The van der Waals surface area contributed by atoms with E-state index >= 15 is 0 Å². The van der Waals surface area contributed by atoms with Gasteiger partial charge in [-0.3, -0.25) is 0 Å². The SMILES string of the molecule is CSc1ccc(-c2noc(C(C)OC3CCN(c4noc(C(C)C)n4)CC3)n2)cc1F. The van der Waals surface area contributed by atoms with E-state index in [-0.39, 0.29) is 23.9 Å². The topological polar surface area (TPSA) is 90.3 Å². The molecule has 1 aromatic carbocycles. The number of anilines is 1. The van der Waals surface area contributed by atoms with Crippen LogP contribution in [-0.2, 0) is 4.74 Å². The molecule has 3 aromatic rings. The highest BCUT2D eigenvalue weighted by molar-refractivity contribution is 7.98. The molecule has 166 valence electrons. The van der Waals surface area contributed by atoms with Gasteiger partial charge in [0.1, 0.15) is 11.9 Å². The average Bonchev–Trinajstić information content (AvgIpc) is 3.45. The first-order valence-electron chi connectivity index (χ1n) is 10.4. The summed E-state index contributed by atoms with van der Waals surface area (Å²) in [5.74, 6) is 1.93. The van der Waals surface area contributed by atoms with Crippen LogP contribution in [0, 0.1) is 5.82 Å². The summed E-state index contributed by atoms with van der Waals surface area (Å²) in [7, 11) is 0. The second-order valence-electron chi connectivity index (χ2n) is 7.86. The van der Waals surface area contributed by atoms with Crippen molar-refractivity contribution in [1.82, 2.24) is 20.3 Å². The zero-order valence-corrected chi connectivity index (χ0v) is 18.9. The maximum Gasteiger partial charge on any atom is 0.266 e. The summed E-state index contributed by atoms with van der Waals surface area (Å²) in [6, 6.07) is 4.92. The minimum absolute atomic E-state index is 0.0661. The lowest BCUT2D eigenvalue weighted by Gasteiger charge is -2.31. The maximum atomic E-state index is 14.1. The van der Waals surface area contributed by atoms with Crippen LogP contribution in [0.25, 0.3) is 11.4 Å². The van der Waals surface area contributed by atoms with Crippen LogP contribution in [0.15, 0.2) is 32.1 Å². The van der Waals surface area contributed by atoms with Gasteiger partial charge >= 0.3 is 0 Å². The Bertz CT molecular complexity index is 1020. The predicted molar refractivity (Wildman–Crippen MR) is 115 cm³/mol. The third-order valence-electron chi connectivity index (χ3n) is 5.25. The molecule has 1 aliphatic heterocycles. The fourth-order valence-electron chi connectivity index (χ4n) is 3.45. The first kappa shape index (κ1) is 21.8. The van der Waals surface area contributed by atoms with Gasteiger partial charge in [-0.2, -0.15) is 9.97 Å². The largest absolute Gasteiger partial charge is 0.365 e. The van der Waals surface area contributed by atoms with Crippen LogP contribution >= 0.6 is 11.8 Å². The van der Waals surface area contributed by atoms with Gasteiger partial charge in [-0.15, -0.1) is 11.8 Å². The molecule has 0 amide bonds. The molecule has 3 heterocycles. The van der Waals surface area contributed by atoms with Crippen molar-refractivity contribution < 1.29 is 18.2 Å². The van der Waals surface area contributed by atoms with E-state index in [1.807, 2.05) is 27.0 Å². The monoisotopic (exact) mass is 447 g/mol. The van der Waals surface area contributed by atoms with Gasteiger partial charge in [-0.1, -0.05) is 19.0 Å². The first-order valence-corrected chi connectivity index (χ1v) is 11.6. The number of nitrogens with zero attached hydrogens (tertiary/aromatic N) is 5. The van der Waals surface area contributed by atoms with E-state index in [4.69, 9.17) is 13.8 Å². The number of hydrogen-bond donors (Lipinski definition) is 0. The van der Waals surface area contributed by atoms with Crippen LogP contribution in [0.1, 0.15) is 57.4 Å². The van der Waals surface area contributed by atoms with Gasteiger partial charge < -0.3 is 18.7 Å². The zero-order chi connectivity index (χ0) is 22.0. The van der Waals surface area contributed by atoms with Gasteiger partial charge in [0.25, 0.3) is 11.8 Å². The van der Waals surface area contributed by atoms with Crippen molar-refractivity contribution in [2.45, 2.75) is 56.6 Å². The van der Waals surface area contributed by atoms with Crippen LogP contribution in [0.2, 0.25) is 0 Å². The molecule has 1 atom stereocenters. The van der Waals surface area contributed by atoms with Crippen molar-refractivity contribution in [2.24, 2.45) is 0 Å². The fraction of sp³-hybridized carbons (Fsp3) is 0.524. The van der Waals surface area contributed by atoms with E-state index < -0.39 is 0 Å². The Labute approximate surface area is 184 Å². The van der Waals surface area contributed by atoms with E-state index in [9.17, 15) is 4.39 Å². The van der Waals surface area contributed by atoms with Crippen molar-refractivity contribution in [3.63, 3.8) is 0 Å². The number of piperidine rings is 1. The van der Waals surface area contributed by atoms with E-state index in [1.54, 1.807) is 12.1 Å². The number of thioether (sulfide) groups is 1. The standard InChI is InChI=1S/C21H26FN5O3S/c1-12(2)19-24-21(26-29-19)27-9-7-15(8-10-27)28-13(3)20-23-18(25-30-20)14-5-6-17(31-4)16(22)11-14/h5-6,11-13,15H,7-10H2,1-4H3. The van der Waals surface area contributed by atoms with Crippen molar-refractivity contribution >= 4 is 17.7 Å². The number of rotatable bonds is 7. The molecule has 0 N–H and O–H groups in total. The Hall–Kier alpha value is -2.46. The molecule has 1 fully saturated rings. The van der Waals surface area contributed by atoms with Crippen molar-refractivity contribution in [2.75, 3.05) is 24.2 Å². The molecule has 2 aromatic heterocycles. The van der Waals surface area contributed by atoms with Crippen molar-refractivity contribution in [1.29, 1.82) is 0 Å². The third-order valence-corrected chi connectivity index (χ3v) is 6.02. The van der Waals surface area contributed by atoms with E-state index in [2.05, 4.69) is 25.2 Å².